The molecular formula is C21H23N3O3S2. The summed E-state index contributed by atoms with van der Waals surface area (Å²) in [5.41, 5.74) is 3.55. The number of aromatic nitrogens is 1. The second kappa shape index (κ2) is 7.51. The summed E-state index contributed by atoms with van der Waals surface area (Å²) in [5, 5.41) is 0.866. The monoisotopic (exact) mass is 429 g/mol. The predicted octanol–water partition coefficient (Wildman–Crippen LogP) is 3.37. The highest BCUT2D eigenvalue weighted by atomic mass is 32.2. The molecular weight excluding hydrogens is 406 g/mol. The first-order valence-corrected chi connectivity index (χ1v) is 11.7. The van der Waals surface area contributed by atoms with Crippen molar-refractivity contribution < 1.29 is 13.2 Å². The number of sulfonamides is 1. The summed E-state index contributed by atoms with van der Waals surface area (Å²) in [6, 6.07) is 11.2. The Bertz CT molecular complexity index is 1190. The zero-order valence-corrected chi connectivity index (χ0v) is 18.3. The lowest BCUT2D eigenvalue weighted by molar-refractivity contribution is 0.0695. The van der Waals surface area contributed by atoms with Crippen molar-refractivity contribution in [3.05, 3.63) is 58.8 Å². The van der Waals surface area contributed by atoms with Crippen LogP contribution in [0.4, 0.5) is 0 Å². The molecule has 0 N–H and O–H groups in total. The zero-order valence-electron chi connectivity index (χ0n) is 16.7. The third-order valence-corrected chi connectivity index (χ3v) is 8.19. The maximum atomic E-state index is 13.0. The number of piperazine rings is 1. The van der Waals surface area contributed by atoms with Gasteiger partial charge >= 0.3 is 0 Å². The van der Waals surface area contributed by atoms with E-state index < -0.39 is 10.0 Å². The van der Waals surface area contributed by atoms with E-state index in [1.54, 1.807) is 17.0 Å². The van der Waals surface area contributed by atoms with Gasteiger partial charge in [0.05, 0.1) is 9.60 Å². The summed E-state index contributed by atoms with van der Waals surface area (Å²) < 4.78 is 32.8. The first-order valence-electron chi connectivity index (χ1n) is 9.50. The number of aryl methyl sites for hydroxylation is 3. The Morgan fingerprint density at radius 2 is 1.69 bits per heavy atom. The smallest absolute Gasteiger partial charge is 0.274 e. The fourth-order valence-corrected chi connectivity index (χ4v) is 5.77. The van der Waals surface area contributed by atoms with Crippen LogP contribution in [0.3, 0.4) is 0 Å². The van der Waals surface area contributed by atoms with Gasteiger partial charge in [0.25, 0.3) is 5.91 Å². The average molecular weight is 430 g/mol. The van der Waals surface area contributed by atoms with Crippen molar-refractivity contribution in [2.24, 2.45) is 0 Å². The van der Waals surface area contributed by atoms with Crippen LogP contribution >= 0.6 is 11.5 Å². The number of hydrogen-bond acceptors (Lipinski definition) is 5. The van der Waals surface area contributed by atoms with E-state index in [-0.39, 0.29) is 19.0 Å². The van der Waals surface area contributed by atoms with Crippen molar-refractivity contribution in [1.82, 2.24) is 13.6 Å². The molecule has 1 amide bonds. The maximum Gasteiger partial charge on any atom is 0.274 e. The van der Waals surface area contributed by atoms with E-state index in [1.165, 1.54) is 15.8 Å². The van der Waals surface area contributed by atoms with Crippen LogP contribution in [0.15, 0.2) is 41.3 Å². The number of carbonyl (C=O) groups excluding carboxylic acids is 1. The molecule has 0 spiro atoms. The number of hydrogen-bond donors (Lipinski definition) is 0. The molecule has 0 saturated carbocycles. The molecule has 2 heterocycles. The number of benzene rings is 2. The molecule has 152 valence electrons. The Labute approximate surface area is 175 Å². The van der Waals surface area contributed by atoms with Crippen molar-refractivity contribution in [1.29, 1.82) is 0 Å². The lowest BCUT2D eigenvalue weighted by atomic mass is 10.1. The molecule has 0 atom stereocenters. The Morgan fingerprint density at radius 1 is 0.966 bits per heavy atom. The Kier molecular flexibility index (Phi) is 5.18. The van der Waals surface area contributed by atoms with Gasteiger partial charge in [-0.3, -0.25) is 4.79 Å². The van der Waals surface area contributed by atoms with E-state index >= 15 is 0 Å². The molecule has 8 heteroatoms. The fourth-order valence-electron chi connectivity index (χ4n) is 3.51. The second-order valence-corrected chi connectivity index (χ2v) is 10.2. The van der Waals surface area contributed by atoms with Crippen molar-refractivity contribution >= 4 is 37.5 Å². The SMILES string of the molecule is Cc1ccc2snc(C(=O)N3CCN(S(=O)(=O)c4ccc(C)c(C)c4)CC3)c2c1. The maximum absolute atomic E-state index is 13.0. The van der Waals surface area contributed by atoms with Gasteiger partial charge in [-0.25, -0.2) is 8.42 Å². The van der Waals surface area contributed by atoms with Gasteiger partial charge in [-0.05, 0) is 67.7 Å². The Morgan fingerprint density at radius 3 is 2.38 bits per heavy atom. The second-order valence-electron chi connectivity index (χ2n) is 7.47. The van der Waals surface area contributed by atoms with Crippen LogP contribution < -0.4 is 0 Å². The molecule has 0 unspecified atom stereocenters. The molecule has 4 rings (SSSR count). The van der Waals surface area contributed by atoms with Gasteiger partial charge < -0.3 is 4.90 Å². The minimum Gasteiger partial charge on any atom is -0.335 e. The lowest BCUT2D eigenvalue weighted by Gasteiger charge is -2.33. The third kappa shape index (κ3) is 3.68. The van der Waals surface area contributed by atoms with Crippen LogP contribution in [0.5, 0.6) is 0 Å². The topological polar surface area (TPSA) is 70.6 Å². The van der Waals surface area contributed by atoms with E-state index in [0.717, 1.165) is 26.8 Å². The number of fused-ring (bicyclic) bond motifs is 1. The number of carbonyl (C=O) groups is 1. The van der Waals surface area contributed by atoms with Gasteiger partial charge in [0, 0.05) is 31.6 Å². The van der Waals surface area contributed by atoms with Crippen molar-refractivity contribution in [3.8, 4) is 0 Å². The quantitative estimate of drug-likeness (QED) is 0.640. The summed E-state index contributed by atoms with van der Waals surface area (Å²) >= 11 is 1.32. The normalized spacial score (nSPS) is 15.8. The van der Waals surface area contributed by atoms with E-state index in [1.807, 2.05) is 45.0 Å². The fraction of sp³-hybridized carbons (Fsp3) is 0.333. The first-order chi connectivity index (χ1) is 13.8. The standard InChI is InChI=1S/C21H23N3O3S2/c1-14-4-7-19-18(12-14)20(22-28-19)21(25)23-8-10-24(11-9-23)29(26,27)17-6-5-15(2)16(3)13-17/h4-7,12-13H,8-11H2,1-3H3. The summed E-state index contributed by atoms with van der Waals surface area (Å²) in [4.78, 5) is 15.0. The van der Waals surface area contributed by atoms with E-state index in [9.17, 15) is 13.2 Å². The predicted molar refractivity (Wildman–Crippen MR) is 115 cm³/mol. The highest BCUT2D eigenvalue weighted by Crippen LogP contribution is 2.26. The third-order valence-electron chi connectivity index (χ3n) is 5.47. The van der Waals surface area contributed by atoms with Crippen LogP contribution in [0.1, 0.15) is 27.2 Å². The number of rotatable bonds is 3. The Balaban J connectivity index is 1.50. The summed E-state index contributed by atoms with van der Waals surface area (Å²) in [7, 11) is -3.56. The van der Waals surface area contributed by atoms with Crippen LogP contribution in [0, 0.1) is 20.8 Å². The van der Waals surface area contributed by atoms with Crippen molar-refractivity contribution in [2.45, 2.75) is 25.7 Å². The molecule has 1 fully saturated rings. The molecule has 3 aromatic rings. The van der Waals surface area contributed by atoms with Crippen LogP contribution in [-0.2, 0) is 10.0 Å². The minimum atomic E-state index is -3.56. The highest BCUT2D eigenvalue weighted by Gasteiger charge is 2.31. The lowest BCUT2D eigenvalue weighted by Crippen LogP contribution is -2.50. The molecule has 1 aromatic heterocycles. The molecule has 1 aliphatic heterocycles. The van der Waals surface area contributed by atoms with Crippen LogP contribution in [0.2, 0.25) is 0 Å². The van der Waals surface area contributed by atoms with Gasteiger partial charge in [0.2, 0.25) is 10.0 Å². The molecule has 0 radical (unpaired) electrons. The van der Waals surface area contributed by atoms with Crippen LogP contribution in [-0.4, -0.2) is 54.1 Å². The van der Waals surface area contributed by atoms with E-state index in [2.05, 4.69) is 4.37 Å². The summed E-state index contributed by atoms with van der Waals surface area (Å²) in [6.07, 6.45) is 0. The Hall–Kier alpha value is -2.29. The van der Waals surface area contributed by atoms with Crippen LogP contribution in [0.25, 0.3) is 10.1 Å². The van der Waals surface area contributed by atoms with Gasteiger partial charge in [-0.1, -0.05) is 17.7 Å². The molecule has 29 heavy (non-hydrogen) atoms. The van der Waals surface area contributed by atoms with Gasteiger partial charge in [0.1, 0.15) is 5.69 Å². The summed E-state index contributed by atoms with van der Waals surface area (Å²) in [6.45, 7) is 7.12. The molecule has 0 aliphatic carbocycles. The van der Waals surface area contributed by atoms with Crippen molar-refractivity contribution in [3.63, 3.8) is 0 Å². The minimum absolute atomic E-state index is 0.134. The zero-order chi connectivity index (χ0) is 20.8. The van der Waals surface area contributed by atoms with Gasteiger partial charge in [-0.2, -0.15) is 8.68 Å². The van der Waals surface area contributed by atoms with E-state index in [0.29, 0.717) is 23.7 Å². The molecule has 1 aliphatic rings. The number of amides is 1. The van der Waals surface area contributed by atoms with Gasteiger partial charge in [0.15, 0.2) is 0 Å². The van der Waals surface area contributed by atoms with Gasteiger partial charge in [-0.15, -0.1) is 0 Å². The highest BCUT2D eigenvalue weighted by molar-refractivity contribution is 7.89. The molecule has 0 bridgehead atoms. The summed E-state index contributed by atoms with van der Waals surface area (Å²) in [5.74, 6) is -0.134. The molecule has 6 nitrogen and oxygen atoms in total. The molecule has 1 saturated heterocycles. The van der Waals surface area contributed by atoms with Crippen molar-refractivity contribution in [2.75, 3.05) is 26.2 Å². The average Bonchev–Trinajstić information content (AvgIpc) is 3.12. The molecule has 2 aromatic carbocycles. The first kappa shape index (κ1) is 20.0. The number of nitrogens with zero attached hydrogens (tertiary/aromatic N) is 3. The largest absolute Gasteiger partial charge is 0.335 e. The van der Waals surface area contributed by atoms with E-state index in [4.69, 9.17) is 0 Å².